The van der Waals surface area contributed by atoms with Crippen LogP contribution in [0, 0.1) is 0 Å². The molecule has 264 valence electrons. The third-order valence-electron chi connectivity index (χ3n) is 11.4. The highest BCUT2D eigenvalue weighted by Gasteiger charge is 2.36. The van der Waals surface area contributed by atoms with Crippen LogP contribution < -0.4 is 4.74 Å². The van der Waals surface area contributed by atoms with Crippen molar-refractivity contribution in [1.82, 2.24) is 0 Å². The van der Waals surface area contributed by atoms with Gasteiger partial charge in [0.2, 0.25) is 0 Å². The number of allylic oxidation sites excluding steroid dienone is 2. The lowest BCUT2D eigenvalue weighted by molar-refractivity contribution is 0.269. The zero-order chi connectivity index (χ0) is 37.0. The molecule has 56 heavy (non-hydrogen) atoms. The molecule has 0 fully saturated rings. The Morgan fingerprint density at radius 1 is 0.375 bits per heavy atom. The van der Waals surface area contributed by atoms with E-state index in [0.29, 0.717) is 0 Å². The number of furan rings is 1. The Morgan fingerprint density at radius 3 is 1.43 bits per heavy atom. The molecule has 1 aliphatic carbocycles. The Balaban J connectivity index is 0.900. The second kappa shape index (κ2) is 13.3. The molecule has 2 aliphatic rings. The molecular formula is C54H36O2. The normalized spacial score (nSPS) is 15.7. The van der Waals surface area contributed by atoms with Gasteiger partial charge in [-0.05, 0) is 115 Å². The Labute approximate surface area is 326 Å². The van der Waals surface area contributed by atoms with Crippen molar-refractivity contribution in [3.05, 3.63) is 217 Å². The van der Waals surface area contributed by atoms with Crippen LogP contribution in [-0.4, -0.2) is 6.10 Å². The number of ether oxygens (including phenoxy) is 1. The minimum Gasteiger partial charge on any atom is -0.481 e. The Morgan fingerprint density at radius 2 is 0.857 bits per heavy atom. The van der Waals surface area contributed by atoms with Gasteiger partial charge in [-0.2, -0.15) is 0 Å². The van der Waals surface area contributed by atoms with E-state index >= 15 is 0 Å². The molecule has 0 bridgehead atoms. The van der Waals surface area contributed by atoms with Crippen molar-refractivity contribution in [2.45, 2.75) is 12.0 Å². The van der Waals surface area contributed by atoms with E-state index in [-0.39, 0.29) is 12.0 Å². The summed E-state index contributed by atoms with van der Waals surface area (Å²) >= 11 is 0. The molecule has 2 atom stereocenters. The minimum absolute atomic E-state index is 0.0722. The van der Waals surface area contributed by atoms with Crippen LogP contribution in [0.4, 0.5) is 0 Å². The van der Waals surface area contributed by atoms with Crippen LogP contribution in [0.25, 0.3) is 83.1 Å². The lowest BCUT2D eigenvalue weighted by Gasteiger charge is -2.19. The van der Waals surface area contributed by atoms with Crippen LogP contribution >= 0.6 is 0 Å². The fourth-order valence-corrected chi connectivity index (χ4v) is 8.54. The molecule has 0 saturated carbocycles. The Bertz CT molecular complexity index is 3000. The van der Waals surface area contributed by atoms with Crippen LogP contribution in [0.3, 0.4) is 0 Å². The molecule has 0 amide bonds. The first kappa shape index (κ1) is 32.3. The molecule has 0 spiro atoms. The van der Waals surface area contributed by atoms with Crippen molar-refractivity contribution in [1.29, 1.82) is 0 Å². The highest BCUT2D eigenvalue weighted by Crippen LogP contribution is 2.49. The summed E-state index contributed by atoms with van der Waals surface area (Å²) in [7, 11) is 0. The van der Waals surface area contributed by atoms with Gasteiger partial charge in [0.1, 0.15) is 11.7 Å². The van der Waals surface area contributed by atoms with E-state index in [9.17, 15) is 0 Å². The summed E-state index contributed by atoms with van der Waals surface area (Å²) in [6.07, 6.45) is 6.71. The van der Waals surface area contributed by atoms with Crippen molar-refractivity contribution < 1.29 is 9.15 Å². The van der Waals surface area contributed by atoms with Gasteiger partial charge >= 0.3 is 0 Å². The van der Waals surface area contributed by atoms with Crippen molar-refractivity contribution >= 4 is 27.5 Å². The molecule has 2 unspecified atom stereocenters. The Hall–Kier alpha value is -7.16. The maximum atomic E-state index is 6.68. The topological polar surface area (TPSA) is 22.4 Å². The van der Waals surface area contributed by atoms with Crippen LogP contribution in [0.5, 0.6) is 5.75 Å². The van der Waals surface area contributed by atoms with Gasteiger partial charge in [0, 0.05) is 22.3 Å². The average Bonchev–Trinajstić information content (AvgIpc) is 3.85. The lowest BCUT2D eigenvalue weighted by Crippen LogP contribution is -2.16. The number of fused-ring (bicyclic) bond motifs is 7. The maximum absolute atomic E-state index is 6.68. The van der Waals surface area contributed by atoms with Gasteiger partial charge in [-0.3, -0.25) is 0 Å². The standard InChI is InChI=1S/C54H36O2/c1-3-11-35(12-4-1)37-15-7-17-39(29-37)41-19-9-21-43(31-41)45-23-27-51-49(33-45)47-25-26-48-50-34-46(24-28-52(50)56-54(48)53(47)55-51)44-22-10-20-42(32-44)40-18-8-16-38(30-40)36-13-5-2-6-14-36/h1-34,49,51H. The highest BCUT2D eigenvalue weighted by molar-refractivity contribution is 6.09. The quantitative estimate of drug-likeness (QED) is 0.171. The van der Waals surface area contributed by atoms with Gasteiger partial charge in [-0.25, -0.2) is 0 Å². The lowest BCUT2D eigenvalue weighted by atomic mass is 9.86. The Kier molecular flexibility index (Phi) is 7.67. The van der Waals surface area contributed by atoms with Crippen molar-refractivity contribution in [2.24, 2.45) is 0 Å². The van der Waals surface area contributed by atoms with Gasteiger partial charge < -0.3 is 9.15 Å². The summed E-state index contributed by atoms with van der Waals surface area (Å²) in [5.41, 5.74) is 17.2. The molecule has 2 heteroatoms. The number of hydrogen-bond acceptors (Lipinski definition) is 2. The molecule has 2 heterocycles. The second-order valence-electron chi connectivity index (χ2n) is 14.8. The first-order chi connectivity index (χ1) is 27.7. The minimum atomic E-state index is -0.0722. The van der Waals surface area contributed by atoms with E-state index in [1.165, 1.54) is 66.8 Å². The molecular weight excluding hydrogens is 681 g/mol. The van der Waals surface area contributed by atoms with Crippen LogP contribution in [0.2, 0.25) is 0 Å². The fourth-order valence-electron chi connectivity index (χ4n) is 8.54. The summed E-state index contributed by atoms with van der Waals surface area (Å²) in [5.74, 6) is 0.954. The largest absolute Gasteiger partial charge is 0.481 e. The molecule has 1 aromatic heterocycles. The smallest absolute Gasteiger partial charge is 0.177 e. The van der Waals surface area contributed by atoms with Crippen molar-refractivity contribution in [2.75, 3.05) is 0 Å². The third-order valence-corrected chi connectivity index (χ3v) is 11.4. The monoisotopic (exact) mass is 716 g/mol. The van der Waals surface area contributed by atoms with Gasteiger partial charge in [0.15, 0.2) is 11.3 Å². The number of rotatable bonds is 6. The molecule has 2 nitrogen and oxygen atoms in total. The second-order valence-corrected chi connectivity index (χ2v) is 14.8. The summed E-state index contributed by atoms with van der Waals surface area (Å²) in [6.45, 7) is 0. The van der Waals surface area contributed by atoms with E-state index in [0.717, 1.165) is 33.3 Å². The zero-order valence-electron chi connectivity index (χ0n) is 30.6. The van der Waals surface area contributed by atoms with E-state index in [1.807, 2.05) is 0 Å². The van der Waals surface area contributed by atoms with E-state index in [1.54, 1.807) is 0 Å². The van der Waals surface area contributed by atoms with Gasteiger partial charge in [0.05, 0.1) is 0 Å². The summed E-state index contributed by atoms with van der Waals surface area (Å²) in [5, 5.41) is 2.17. The van der Waals surface area contributed by atoms with E-state index in [4.69, 9.17) is 9.15 Å². The third kappa shape index (κ3) is 5.66. The van der Waals surface area contributed by atoms with Gasteiger partial charge in [0.25, 0.3) is 0 Å². The number of hydrogen-bond donors (Lipinski definition) is 0. The molecule has 8 aromatic carbocycles. The highest BCUT2D eigenvalue weighted by atomic mass is 16.5. The van der Waals surface area contributed by atoms with E-state index < -0.39 is 0 Å². The molecule has 0 radical (unpaired) electrons. The van der Waals surface area contributed by atoms with Crippen LogP contribution in [0.1, 0.15) is 17.0 Å². The fraction of sp³-hybridized carbons (Fsp3) is 0.0370. The van der Waals surface area contributed by atoms with E-state index in [2.05, 4.69) is 206 Å². The van der Waals surface area contributed by atoms with Crippen molar-refractivity contribution in [3.63, 3.8) is 0 Å². The average molecular weight is 717 g/mol. The van der Waals surface area contributed by atoms with Crippen molar-refractivity contribution in [3.8, 4) is 61.4 Å². The zero-order valence-corrected chi connectivity index (χ0v) is 30.6. The maximum Gasteiger partial charge on any atom is 0.177 e. The molecule has 0 saturated heterocycles. The van der Waals surface area contributed by atoms with Crippen LogP contribution in [0.15, 0.2) is 211 Å². The molecule has 9 aromatic rings. The first-order valence-corrected chi connectivity index (χ1v) is 19.3. The first-order valence-electron chi connectivity index (χ1n) is 19.3. The summed E-state index contributed by atoms with van der Waals surface area (Å²) in [4.78, 5) is 0. The SMILES string of the molecule is C1=CC2Oc3c(ccc4c3oc3ccc(-c5cccc(-c6cccc(-c7ccccc7)c6)c5)cc34)C2C=C1c1cccc(-c2cccc(-c3ccccc3)c2)c1. The summed E-state index contributed by atoms with van der Waals surface area (Å²) in [6, 6.07) is 67.3. The van der Waals surface area contributed by atoms with Gasteiger partial charge in [-0.15, -0.1) is 0 Å². The predicted octanol–water partition coefficient (Wildman–Crippen LogP) is 14.4. The molecule has 11 rings (SSSR count). The predicted molar refractivity (Wildman–Crippen MR) is 232 cm³/mol. The van der Waals surface area contributed by atoms with Gasteiger partial charge in [-0.1, -0.05) is 158 Å². The number of benzene rings is 8. The van der Waals surface area contributed by atoms with Crippen LogP contribution in [-0.2, 0) is 0 Å². The molecule has 1 aliphatic heterocycles. The summed E-state index contributed by atoms with van der Waals surface area (Å²) < 4.78 is 13.3. The molecule has 0 N–H and O–H groups in total.